The maximum atomic E-state index is 13.5. The molecule has 1 fully saturated rings. The lowest BCUT2D eigenvalue weighted by atomic mass is 9.89. The molecule has 37 heavy (non-hydrogen) atoms. The minimum absolute atomic E-state index is 0. The number of aliphatic hydroxyl groups is 1. The summed E-state index contributed by atoms with van der Waals surface area (Å²) in [6.45, 7) is 4.69. The maximum Gasteiger partial charge on any atom is 0.225 e. The lowest BCUT2D eigenvalue weighted by molar-refractivity contribution is -0.116. The van der Waals surface area contributed by atoms with Crippen LogP contribution in [0.2, 0.25) is 0 Å². The van der Waals surface area contributed by atoms with Crippen molar-refractivity contribution in [3.05, 3.63) is 48.0 Å². The summed E-state index contributed by atoms with van der Waals surface area (Å²) in [7, 11) is 0.142. The van der Waals surface area contributed by atoms with Gasteiger partial charge in [0.1, 0.15) is 16.9 Å². The van der Waals surface area contributed by atoms with Gasteiger partial charge in [-0.25, -0.2) is 0 Å². The third-order valence-corrected chi connectivity index (χ3v) is 8.78. The van der Waals surface area contributed by atoms with Crippen molar-refractivity contribution in [2.24, 2.45) is 5.92 Å². The summed E-state index contributed by atoms with van der Waals surface area (Å²) in [4.78, 5) is 17.2. The number of carbonyl (C=O) groups is 1. The number of aliphatic hydroxyl groups excluding tert-OH is 1. The molecule has 1 aliphatic heterocycles. The Kier molecular flexibility index (Phi) is 11.2. The number of ether oxygens (including phenoxy) is 2. The maximum absolute atomic E-state index is 13.5. The number of anilines is 1. The topological polar surface area (TPSA) is 79.3 Å². The third-order valence-electron chi connectivity index (χ3n) is 7.13. The molecule has 1 saturated carbocycles. The van der Waals surface area contributed by atoms with Gasteiger partial charge in [0.2, 0.25) is 5.91 Å². The minimum atomic E-state index is -1.45. The van der Waals surface area contributed by atoms with Crippen LogP contribution in [0.25, 0.3) is 0 Å². The van der Waals surface area contributed by atoms with Crippen molar-refractivity contribution in [2.45, 2.75) is 55.7 Å². The van der Waals surface area contributed by atoms with E-state index in [4.69, 9.17) is 9.47 Å². The molecule has 0 spiro atoms. The summed E-state index contributed by atoms with van der Waals surface area (Å²) >= 11 is 0. The van der Waals surface area contributed by atoms with E-state index in [1.165, 1.54) is 39.0 Å². The second-order valence-corrected chi connectivity index (χ2v) is 11.1. The molecule has 9 heteroatoms. The Morgan fingerprint density at radius 2 is 1.89 bits per heavy atom. The van der Waals surface area contributed by atoms with E-state index in [-0.39, 0.29) is 24.9 Å². The molecule has 2 unspecified atom stereocenters. The average Bonchev–Trinajstić information content (AvgIpc) is 3.20. The number of rotatable bonds is 11. The fraction of sp³-hybridized carbons (Fsp3) is 0.536. The SMILES string of the molecule is COc1ccc(OCCCN(CCO)CC2CCCCC2)c(C2N(C(C)=O)c3ccccc3S2=O)c1.Cl. The van der Waals surface area contributed by atoms with Crippen LogP contribution in [0.3, 0.4) is 0 Å². The van der Waals surface area contributed by atoms with Crippen molar-refractivity contribution >= 4 is 34.8 Å². The lowest BCUT2D eigenvalue weighted by Gasteiger charge is -2.29. The van der Waals surface area contributed by atoms with Gasteiger partial charge in [-0.2, -0.15) is 0 Å². The lowest BCUT2D eigenvalue weighted by Crippen LogP contribution is -2.34. The van der Waals surface area contributed by atoms with Crippen molar-refractivity contribution in [1.82, 2.24) is 4.90 Å². The summed E-state index contributed by atoms with van der Waals surface area (Å²) < 4.78 is 25.2. The molecule has 204 valence electrons. The normalized spacial score (nSPS) is 19.4. The molecular formula is C28H39ClN2O5S. The van der Waals surface area contributed by atoms with Gasteiger partial charge in [-0.15, -0.1) is 12.4 Å². The molecule has 1 heterocycles. The smallest absolute Gasteiger partial charge is 0.225 e. The molecular weight excluding hydrogens is 512 g/mol. The number of hydrogen-bond acceptors (Lipinski definition) is 6. The van der Waals surface area contributed by atoms with Crippen LogP contribution in [0.15, 0.2) is 47.4 Å². The summed E-state index contributed by atoms with van der Waals surface area (Å²) in [5.74, 6) is 1.77. The van der Waals surface area contributed by atoms with Crippen molar-refractivity contribution in [3.63, 3.8) is 0 Å². The Hall–Kier alpha value is -2.13. The van der Waals surface area contributed by atoms with E-state index < -0.39 is 16.2 Å². The number of fused-ring (bicyclic) bond motifs is 1. The largest absolute Gasteiger partial charge is 0.497 e. The molecule has 4 rings (SSSR count). The number of benzene rings is 2. The highest BCUT2D eigenvalue weighted by molar-refractivity contribution is 7.86. The molecule has 0 bridgehead atoms. The minimum Gasteiger partial charge on any atom is -0.497 e. The molecule has 7 nitrogen and oxygen atoms in total. The molecule has 2 atom stereocenters. The second-order valence-electron chi connectivity index (χ2n) is 9.64. The van der Waals surface area contributed by atoms with Crippen molar-refractivity contribution in [2.75, 3.05) is 44.9 Å². The highest BCUT2D eigenvalue weighted by Crippen LogP contribution is 2.47. The fourth-order valence-electron chi connectivity index (χ4n) is 5.38. The summed E-state index contributed by atoms with van der Waals surface area (Å²) in [6.07, 6.45) is 7.33. The summed E-state index contributed by atoms with van der Waals surface area (Å²) in [6, 6.07) is 12.8. The van der Waals surface area contributed by atoms with Crippen LogP contribution in [0.1, 0.15) is 56.4 Å². The number of carbonyl (C=O) groups excluding carboxylic acids is 1. The van der Waals surface area contributed by atoms with Gasteiger partial charge in [0.15, 0.2) is 0 Å². The standard InChI is InChI=1S/C28H38N2O5S.ClH/c1-21(32)30-25-11-6-7-12-27(25)36(33)28(30)24-19-23(34-2)13-14-26(24)35-18-8-15-29(16-17-31)20-22-9-4-3-5-10-22;/h6-7,11-14,19,22,28,31H,3-5,8-10,15-18,20H2,1-2H3;1H. The van der Waals surface area contributed by atoms with E-state index in [2.05, 4.69) is 4.90 Å². The van der Waals surface area contributed by atoms with Crippen molar-refractivity contribution < 1.29 is 23.6 Å². The van der Waals surface area contributed by atoms with E-state index in [1.807, 2.05) is 42.5 Å². The molecule has 2 aromatic carbocycles. The zero-order valence-corrected chi connectivity index (χ0v) is 23.4. The van der Waals surface area contributed by atoms with Gasteiger partial charge in [-0.3, -0.25) is 13.9 Å². The molecule has 2 aromatic rings. The predicted molar refractivity (Wildman–Crippen MR) is 149 cm³/mol. The van der Waals surface area contributed by atoms with Gasteiger partial charge in [-0.05, 0) is 55.5 Å². The van der Waals surface area contributed by atoms with Gasteiger partial charge in [0.25, 0.3) is 0 Å². The monoisotopic (exact) mass is 550 g/mol. The van der Waals surface area contributed by atoms with Gasteiger partial charge >= 0.3 is 0 Å². The van der Waals surface area contributed by atoms with Crippen LogP contribution in [0, 0.1) is 5.92 Å². The Labute approximate surface area is 229 Å². The quantitative estimate of drug-likeness (QED) is 0.399. The van der Waals surface area contributed by atoms with Gasteiger partial charge < -0.3 is 19.5 Å². The summed E-state index contributed by atoms with van der Waals surface area (Å²) in [5, 5.41) is 8.85. The Balaban J connectivity index is 0.00000380. The fourth-order valence-corrected chi connectivity index (χ4v) is 7.07. The number of para-hydroxylation sites is 1. The number of amides is 1. The van der Waals surface area contributed by atoms with Crippen LogP contribution in [0.5, 0.6) is 11.5 Å². The molecule has 1 amide bonds. The molecule has 1 aliphatic carbocycles. The Bertz CT molecular complexity index is 1060. The molecule has 0 aromatic heterocycles. The molecule has 1 N–H and O–H groups in total. The van der Waals surface area contributed by atoms with Crippen LogP contribution in [-0.4, -0.2) is 60.1 Å². The molecule has 0 radical (unpaired) electrons. The van der Waals surface area contributed by atoms with E-state index >= 15 is 0 Å². The Morgan fingerprint density at radius 1 is 1.14 bits per heavy atom. The second kappa shape index (κ2) is 14.1. The van der Waals surface area contributed by atoms with Gasteiger partial charge in [0, 0.05) is 32.1 Å². The van der Waals surface area contributed by atoms with E-state index in [0.29, 0.717) is 40.8 Å². The Morgan fingerprint density at radius 3 is 2.59 bits per heavy atom. The van der Waals surface area contributed by atoms with Crippen LogP contribution < -0.4 is 14.4 Å². The zero-order chi connectivity index (χ0) is 25.5. The first-order chi connectivity index (χ1) is 17.5. The number of methoxy groups -OCH3 is 1. The highest BCUT2D eigenvalue weighted by Gasteiger charge is 2.41. The van der Waals surface area contributed by atoms with Gasteiger partial charge in [-0.1, -0.05) is 31.4 Å². The van der Waals surface area contributed by atoms with E-state index in [1.54, 1.807) is 12.0 Å². The first-order valence-electron chi connectivity index (χ1n) is 13.0. The van der Waals surface area contributed by atoms with Crippen LogP contribution >= 0.6 is 12.4 Å². The third kappa shape index (κ3) is 7.05. The van der Waals surface area contributed by atoms with Crippen molar-refractivity contribution in [3.8, 4) is 11.5 Å². The molecule has 2 aliphatic rings. The van der Waals surface area contributed by atoms with Gasteiger partial charge in [0.05, 0.1) is 41.7 Å². The number of halogens is 1. The summed E-state index contributed by atoms with van der Waals surface area (Å²) in [5.41, 5.74) is 1.35. The van der Waals surface area contributed by atoms with Crippen LogP contribution in [0.4, 0.5) is 5.69 Å². The number of hydrogen-bond donors (Lipinski definition) is 1. The molecule has 0 saturated heterocycles. The average molecular weight is 551 g/mol. The zero-order valence-electron chi connectivity index (χ0n) is 21.8. The number of nitrogens with zero attached hydrogens (tertiary/aromatic N) is 2. The van der Waals surface area contributed by atoms with E-state index in [9.17, 15) is 14.1 Å². The highest BCUT2D eigenvalue weighted by atomic mass is 35.5. The van der Waals surface area contributed by atoms with E-state index in [0.717, 1.165) is 25.4 Å². The first-order valence-corrected chi connectivity index (χ1v) is 14.2. The first kappa shape index (κ1) is 29.4. The predicted octanol–water partition coefficient (Wildman–Crippen LogP) is 4.93. The van der Waals surface area contributed by atoms with Crippen LogP contribution in [-0.2, 0) is 15.6 Å². The van der Waals surface area contributed by atoms with Crippen molar-refractivity contribution in [1.29, 1.82) is 0 Å².